The van der Waals surface area contributed by atoms with Crippen LogP contribution in [0.25, 0.3) is 0 Å². The number of halogens is 3. The van der Waals surface area contributed by atoms with Gasteiger partial charge in [0.1, 0.15) is 9.23 Å². The summed E-state index contributed by atoms with van der Waals surface area (Å²) in [5.41, 5.74) is 0. The van der Waals surface area contributed by atoms with Crippen molar-refractivity contribution in [3.05, 3.63) is 14.7 Å². The van der Waals surface area contributed by atoms with Gasteiger partial charge < -0.3 is 0 Å². The van der Waals surface area contributed by atoms with Gasteiger partial charge in [-0.05, 0) is 18.9 Å². The van der Waals surface area contributed by atoms with Crippen LogP contribution in [0.2, 0.25) is 8.67 Å². The molecule has 0 aliphatic heterocycles. The van der Waals surface area contributed by atoms with Gasteiger partial charge in [-0.1, -0.05) is 52.0 Å². The van der Waals surface area contributed by atoms with Gasteiger partial charge in [-0.2, -0.15) is 4.31 Å². The van der Waals surface area contributed by atoms with Gasteiger partial charge in [0.25, 0.3) is 0 Å². The average Bonchev–Trinajstić information content (AvgIpc) is 2.69. The molecule has 1 aromatic rings. The van der Waals surface area contributed by atoms with Gasteiger partial charge >= 0.3 is 0 Å². The maximum absolute atomic E-state index is 12.6. The predicted molar refractivity (Wildman–Crippen MR) is 84.3 cm³/mol. The molecule has 19 heavy (non-hydrogen) atoms. The highest BCUT2D eigenvalue weighted by molar-refractivity contribution is 9.09. The van der Waals surface area contributed by atoms with E-state index in [-0.39, 0.29) is 20.1 Å². The summed E-state index contributed by atoms with van der Waals surface area (Å²) in [4.78, 5) is 0.297. The van der Waals surface area contributed by atoms with Gasteiger partial charge in [-0.3, -0.25) is 0 Å². The molecule has 3 nitrogen and oxygen atoms in total. The molecule has 0 radical (unpaired) electrons. The third kappa shape index (κ3) is 3.30. The Kier molecular flexibility index (Phi) is 5.23. The molecule has 2 rings (SSSR count). The van der Waals surface area contributed by atoms with E-state index in [0.717, 1.165) is 37.0 Å². The van der Waals surface area contributed by atoms with Gasteiger partial charge in [-0.15, -0.1) is 11.3 Å². The van der Waals surface area contributed by atoms with Gasteiger partial charge in [-0.25, -0.2) is 8.42 Å². The molecule has 0 saturated heterocycles. The number of sulfonamides is 1. The average molecular weight is 407 g/mol. The minimum Gasteiger partial charge on any atom is -0.207 e. The summed E-state index contributed by atoms with van der Waals surface area (Å²) in [6.07, 6.45) is 4.03. The Morgan fingerprint density at radius 2 is 2.00 bits per heavy atom. The molecule has 1 saturated carbocycles. The Morgan fingerprint density at radius 1 is 1.37 bits per heavy atom. The van der Waals surface area contributed by atoms with E-state index >= 15 is 0 Å². The second kappa shape index (κ2) is 6.20. The molecule has 1 heterocycles. The van der Waals surface area contributed by atoms with Crippen molar-refractivity contribution in [2.24, 2.45) is 0 Å². The third-order valence-corrected chi connectivity index (χ3v) is 8.10. The Morgan fingerprint density at radius 3 is 2.53 bits per heavy atom. The Bertz CT molecular complexity index is 561. The third-order valence-electron chi connectivity index (χ3n) is 3.40. The summed E-state index contributed by atoms with van der Waals surface area (Å²) < 4.78 is 27.2. The lowest BCUT2D eigenvalue weighted by Gasteiger charge is -2.34. The molecule has 108 valence electrons. The molecule has 0 bridgehead atoms. The summed E-state index contributed by atoms with van der Waals surface area (Å²) in [5, 5.41) is 0. The molecule has 2 unspecified atom stereocenters. The van der Waals surface area contributed by atoms with Gasteiger partial charge in [0.05, 0.1) is 4.34 Å². The summed E-state index contributed by atoms with van der Waals surface area (Å²) >= 11 is 16.5. The number of alkyl halides is 1. The zero-order chi connectivity index (χ0) is 14.2. The van der Waals surface area contributed by atoms with Crippen molar-refractivity contribution in [3.8, 4) is 0 Å². The molecule has 2 atom stereocenters. The standard InChI is InChI=1S/C11H14BrCl2NO2S2/c1-15(8-5-3-2-4-7(8)12)19(16,17)9-6-10(13)18-11(9)14/h6-8H,2-5H2,1H3. The second-order valence-electron chi connectivity index (χ2n) is 4.58. The first-order chi connectivity index (χ1) is 8.84. The van der Waals surface area contributed by atoms with E-state index < -0.39 is 10.0 Å². The highest BCUT2D eigenvalue weighted by Crippen LogP contribution is 2.38. The zero-order valence-electron chi connectivity index (χ0n) is 10.3. The van der Waals surface area contributed by atoms with Crippen LogP contribution in [-0.4, -0.2) is 30.6 Å². The van der Waals surface area contributed by atoms with Crippen LogP contribution >= 0.6 is 50.5 Å². The Hall–Kier alpha value is 0.670. The summed E-state index contributed by atoms with van der Waals surface area (Å²) in [6, 6.07) is 1.39. The molecule has 0 spiro atoms. The van der Waals surface area contributed by atoms with Crippen LogP contribution in [0.3, 0.4) is 0 Å². The Balaban J connectivity index is 2.31. The highest BCUT2D eigenvalue weighted by atomic mass is 79.9. The minimum atomic E-state index is -3.58. The van der Waals surface area contributed by atoms with Crippen molar-refractivity contribution >= 4 is 60.5 Å². The molecule has 1 fully saturated rings. The second-order valence-corrected chi connectivity index (χ2v) is 10.0. The van der Waals surface area contributed by atoms with Gasteiger partial charge in [0, 0.05) is 17.9 Å². The first-order valence-corrected chi connectivity index (χ1v) is 9.84. The largest absolute Gasteiger partial charge is 0.245 e. The fourth-order valence-electron chi connectivity index (χ4n) is 2.31. The number of hydrogen-bond donors (Lipinski definition) is 0. The smallest absolute Gasteiger partial charge is 0.207 e. The van der Waals surface area contributed by atoms with Crippen LogP contribution < -0.4 is 0 Å². The van der Waals surface area contributed by atoms with Crippen molar-refractivity contribution in [2.75, 3.05) is 7.05 Å². The normalized spacial score (nSPS) is 24.9. The van der Waals surface area contributed by atoms with Crippen LogP contribution in [0.5, 0.6) is 0 Å². The fourth-order valence-corrected chi connectivity index (χ4v) is 6.94. The molecule has 1 aliphatic rings. The minimum absolute atomic E-state index is 0.0338. The lowest BCUT2D eigenvalue weighted by molar-refractivity contribution is 0.297. The van der Waals surface area contributed by atoms with E-state index in [2.05, 4.69) is 15.9 Å². The van der Waals surface area contributed by atoms with Crippen molar-refractivity contribution in [1.29, 1.82) is 0 Å². The Labute approximate surface area is 136 Å². The van der Waals surface area contributed by atoms with Crippen molar-refractivity contribution < 1.29 is 8.42 Å². The van der Waals surface area contributed by atoms with Crippen LogP contribution in [-0.2, 0) is 10.0 Å². The fraction of sp³-hybridized carbons (Fsp3) is 0.636. The summed E-state index contributed by atoms with van der Waals surface area (Å²) in [5.74, 6) is 0. The van der Waals surface area contributed by atoms with E-state index in [1.165, 1.54) is 10.4 Å². The molecular formula is C11H14BrCl2NO2S2. The van der Waals surface area contributed by atoms with Gasteiger partial charge in [0.2, 0.25) is 10.0 Å². The molecule has 1 aliphatic carbocycles. The highest BCUT2D eigenvalue weighted by Gasteiger charge is 2.35. The molecule has 0 aromatic carbocycles. The topological polar surface area (TPSA) is 37.4 Å². The number of rotatable bonds is 3. The van der Waals surface area contributed by atoms with E-state index in [1.807, 2.05) is 0 Å². The summed E-state index contributed by atoms with van der Waals surface area (Å²) in [7, 11) is -1.97. The SMILES string of the molecule is CN(C1CCCCC1Br)S(=O)(=O)c1cc(Cl)sc1Cl. The molecule has 0 amide bonds. The lowest BCUT2D eigenvalue weighted by Crippen LogP contribution is -2.43. The van der Waals surface area contributed by atoms with Crippen LogP contribution in [0.4, 0.5) is 0 Å². The van der Waals surface area contributed by atoms with Crippen molar-refractivity contribution in [1.82, 2.24) is 4.31 Å². The quantitative estimate of drug-likeness (QED) is 0.698. The summed E-state index contributed by atoms with van der Waals surface area (Å²) in [6.45, 7) is 0. The molecule has 0 N–H and O–H groups in total. The zero-order valence-corrected chi connectivity index (χ0v) is 15.0. The van der Waals surface area contributed by atoms with E-state index in [4.69, 9.17) is 23.2 Å². The lowest BCUT2D eigenvalue weighted by atomic mass is 9.96. The number of hydrogen-bond acceptors (Lipinski definition) is 3. The first-order valence-electron chi connectivity index (χ1n) is 5.91. The molecule has 8 heteroatoms. The van der Waals surface area contributed by atoms with E-state index in [1.54, 1.807) is 7.05 Å². The van der Waals surface area contributed by atoms with Crippen LogP contribution in [0.15, 0.2) is 11.0 Å². The maximum Gasteiger partial charge on any atom is 0.245 e. The maximum atomic E-state index is 12.6. The van der Waals surface area contributed by atoms with E-state index in [9.17, 15) is 8.42 Å². The molecule has 1 aromatic heterocycles. The first kappa shape index (κ1) is 16.0. The predicted octanol–water partition coefficient (Wildman–Crippen LogP) is 4.38. The van der Waals surface area contributed by atoms with Gasteiger partial charge in [0.15, 0.2) is 0 Å². The van der Waals surface area contributed by atoms with E-state index in [0.29, 0.717) is 4.34 Å². The van der Waals surface area contributed by atoms with Crippen LogP contribution in [0.1, 0.15) is 25.7 Å². The number of thiophene rings is 1. The van der Waals surface area contributed by atoms with Crippen LogP contribution in [0, 0.1) is 0 Å². The molecular weight excluding hydrogens is 393 g/mol. The monoisotopic (exact) mass is 405 g/mol. The van der Waals surface area contributed by atoms with Crippen molar-refractivity contribution in [3.63, 3.8) is 0 Å². The number of nitrogens with zero attached hydrogens (tertiary/aromatic N) is 1. The van der Waals surface area contributed by atoms with Crippen molar-refractivity contribution in [2.45, 2.75) is 41.4 Å².